The number of piperazine rings is 1. The summed E-state index contributed by atoms with van der Waals surface area (Å²) in [6, 6.07) is 10.1. The van der Waals surface area contributed by atoms with Crippen molar-refractivity contribution in [1.82, 2.24) is 9.80 Å². The summed E-state index contributed by atoms with van der Waals surface area (Å²) in [5.74, 6) is 0.0661. The van der Waals surface area contributed by atoms with Crippen LogP contribution in [0.25, 0.3) is 0 Å². The Balaban J connectivity index is 1.23. The average Bonchev–Trinajstić information content (AvgIpc) is 3.31. The number of carbonyl (C=O) groups excluding carboxylic acids is 2. The van der Waals surface area contributed by atoms with Crippen molar-refractivity contribution in [2.75, 3.05) is 32.8 Å². The van der Waals surface area contributed by atoms with Crippen molar-refractivity contribution in [3.8, 4) is 5.75 Å². The smallest absolute Gasteiger partial charge is 0.260 e. The maximum absolute atomic E-state index is 13.5. The van der Waals surface area contributed by atoms with Crippen LogP contribution in [0.4, 0.5) is 4.39 Å². The molecule has 1 aromatic carbocycles. The van der Waals surface area contributed by atoms with Gasteiger partial charge in [-0.3, -0.25) is 9.59 Å². The van der Waals surface area contributed by atoms with Gasteiger partial charge in [0.15, 0.2) is 18.2 Å². The quantitative estimate of drug-likeness (QED) is 0.791. The van der Waals surface area contributed by atoms with Crippen molar-refractivity contribution in [2.45, 2.75) is 12.3 Å². The maximum Gasteiger partial charge on any atom is 0.260 e. The molecule has 2 heterocycles. The molecule has 2 aromatic rings. The molecular weight excluding hydrogens is 367 g/mol. The van der Waals surface area contributed by atoms with E-state index in [4.69, 9.17) is 4.74 Å². The molecule has 2 atom stereocenters. The Morgan fingerprint density at radius 3 is 2.52 bits per heavy atom. The lowest BCUT2D eigenvalue weighted by molar-refractivity contribution is -0.141. The number of thiophene rings is 1. The molecule has 0 spiro atoms. The van der Waals surface area contributed by atoms with E-state index in [0.29, 0.717) is 32.1 Å². The van der Waals surface area contributed by atoms with Crippen molar-refractivity contribution in [3.63, 3.8) is 0 Å². The molecule has 0 bridgehead atoms. The predicted octanol–water partition coefficient (Wildman–Crippen LogP) is 2.74. The van der Waals surface area contributed by atoms with E-state index in [2.05, 4.69) is 6.07 Å². The monoisotopic (exact) mass is 388 g/mol. The maximum atomic E-state index is 13.5. The third-order valence-electron chi connectivity index (χ3n) is 5.15. The van der Waals surface area contributed by atoms with Gasteiger partial charge in [-0.25, -0.2) is 4.39 Å². The molecule has 142 valence electrons. The number of amides is 2. The average molecular weight is 388 g/mol. The van der Waals surface area contributed by atoms with Crippen molar-refractivity contribution in [2.24, 2.45) is 5.92 Å². The van der Waals surface area contributed by atoms with Crippen molar-refractivity contribution < 1.29 is 18.7 Å². The van der Waals surface area contributed by atoms with E-state index in [1.54, 1.807) is 28.4 Å². The number of halogens is 1. The van der Waals surface area contributed by atoms with E-state index in [-0.39, 0.29) is 30.1 Å². The molecule has 5 nitrogen and oxygen atoms in total. The summed E-state index contributed by atoms with van der Waals surface area (Å²) >= 11 is 1.71. The van der Waals surface area contributed by atoms with Gasteiger partial charge in [0, 0.05) is 42.9 Å². The van der Waals surface area contributed by atoms with Crippen molar-refractivity contribution >= 4 is 23.2 Å². The molecule has 27 heavy (non-hydrogen) atoms. The largest absolute Gasteiger partial charge is 0.481 e. The highest BCUT2D eigenvalue weighted by molar-refractivity contribution is 7.10. The summed E-state index contributed by atoms with van der Waals surface area (Å²) in [5.41, 5.74) is 0. The second-order valence-electron chi connectivity index (χ2n) is 6.89. The van der Waals surface area contributed by atoms with Crippen LogP contribution in [0.15, 0.2) is 41.8 Å². The van der Waals surface area contributed by atoms with Crippen molar-refractivity contribution in [1.29, 1.82) is 0 Å². The number of benzene rings is 1. The second-order valence-corrected chi connectivity index (χ2v) is 7.87. The zero-order valence-electron chi connectivity index (χ0n) is 14.8. The van der Waals surface area contributed by atoms with Gasteiger partial charge in [-0.2, -0.15) is 0 Å². The third kappa shape index (κ3) is 3.98. The number of rotatable bonds is 5. The standard InChI is InChI=1S/C20H21FN2O3S/c21-16-4-1-2-5-17(16)26-13-19(24)22-7-9-23(10-8-22)20(25)15-12-14(15)18-6-3-11-27-18/h1-6,11,14-15H,7-10,12-13H2/t14-,15-/m0/s1. The fraction of sp³-hybridized carbons (Fsp3) is 0.400. The summed E-state index contributed by atoms with van der Waals surface area (Å²) in [6.07, 6.45) is 0.926. The number of hydrogen-bond acceptors (Lipinski definition) is 4. The summed E-state index contributed by atoms with van der Waals surface area (Å²) in [7, 11) is 0. The Labute approximate surface area is 161 Å². The fourth-order valence-corrected chi connectivity index (χ4v) is 4.39. The highest BCUT2D eigenvalue weighted by Gasteiger charge is 2.46. The van der Waals surface area contributed by atoms with E-state index in [0.717, 1.165) is 6.42 Å². The van der Waals surface area contributed by atoms with Gasteiger partial charge in [-0.1, -0.05) is 18.2 Å². The first-order valence-corrected chi connectivity index (χ1v) is 9.99. The lowest BCUT2D eigenvalue weighted by atomic mass is 10.2. The minimum atomic E-state index is -0.481. The number of hydrogen-bond donors (Lipinski definition) is 0. The van der Waals surface area contributed by atoms with Crippen LogP contribution in [-0.2, 0) is 9.59 Å². The normalized spacial score (nSPS) is 21.8. The van der Waals surface area contributed by atoms with Gasteiger partial charge in [0.25, 0.3) is 5.91 Å². The molecule has 1 saturated carbocycles. The highest BCUT2D eigenvalue weighted by Crippen LogP contribution is 2.50. The van der Waals surface area contributed by atoms with Crippen molar-refractivity contribution in [3.05, 3.63) is 52.5 Å². The van der Waals surface area contributed by atoms with Crippen LogP contribution in [-0.4, -0.2) is 54.4 Å². The first kappa shape index (κ1) is 18.0. The molecule has 2 fully saturated rings. The fourth-order valence-electron chi connectivity index (χ4n) is 3.49. The van der Waals surface area contributed by atoms with Crippen LogP contribution in [0.2, 0.25) is 0 Å². The Kier molecular flexibility index (Phi) is 5.11. The van der Waals surface area contributed by atoms with Gasteiger partial charge in [0.1, 0.15) is 0 Å². The molecule has 1 aromatic heterocycles. The van der Waals surface area contributed by atoms with E-state index in [1.807, 2.05) is 16.3 Å². The Hall–Kier alpha value is -2.41. The van der Waals surface area contributed by atoms with Crippen LogP contribution in [0, 0.1) is 11.7 Å². The van der Waals surface area contributed by atoms with Gasteiger partial charge in [-0.05, 0) is 30.0 Å². The molecule has 7 heteroatoms. The second kappa shape index (κ2) is 7.68. The summed E-state index contributed by atoms with van der Waals surface area (Å²) in [6.45, 7) is 1.86. The van der Waals surface area contributed by atoms with Gasteiger partial charge in [-0.15, -0.1) is 11.3 Å². The van der Waals surface area contributed by atoms with E-state index in [1.165, 1.54) is 17.0 Å². The molecule has 0 radical (unpaired) electrons. The van der Waals surface area contributed by atoms with Crippen LogP contribution >= 0.6 is 11.3 Å². The van der Waals surface area contributed by atoms with Gasteiger partial charge >= 0.3 is 0 Å². The minimum Gasteiger partial charge on any atom is -0.481 e. The SMILES string of the molecule is O=C(COc1ccccc1F)N1CCN(C(=O)[C@H]2C[C@@H]2c2cccs2)CC1. The number of nitrogens with zero attached hydrogens (tertiary/aromatic N) is 2. The number of ether oxygens (including phenoxy) is 1. The Morgan fingerprint density at radius 2 is 1.81 bits per heavy atom. The summed E-state index contributed by atoms with van der Waals surface area (Å²) in [5, 5.41) is 2.04. The molecular formula is C20H21FN2O3S. The van der Waals surface area contributed by atoms with Gasteiger partial charge in [0.05, 0.1) is 0 Å². The Morgan fingerprint density at radius 1 is 1.07 bits per heavy atom. The number of carbonyl (C=O) groups is 2. The molecule has 4 rings (SSSR count). The van der Waals surface area contributed by atoms with Crippen LogP contribution in [0.3, 0.4) is 0 Å². The summed E-state index contributed by atoms with van der Waals surface area (Å²) < 4.78 is 18.8. The first-order valence-electron chi connectivity index (χ1n) is 9.11. The van der Waals surface area contributed by atoms with E-state index < -0.39 is 5.82 Å². The van der Waals surface area contributed by atoms with Crippen LogP contribution < -0.4 is 4.74 Å². The van der Waals surface area contributed by atoms with Crippen LogP contribution in [0.5, 0.6) is 5.75 Å². The molecule has 1 aliphatic heterocycles. The molecule has 1 saturated heterocycles. The molecule has 0 N–H and O–H groups in total. The lowest BCUT2D eigenvalue weighted by Gasteiger charge is -2.35. The zero-order valence-corrected chi connectivity index (χ0v) is 15.7. The zero-order chi connectivity index (χ0) is 18.8. The van der Waals surface area contributed by atoms with Gasteiger partial charge < -0.3 is 14.5 Å². The predicted molar refractivity (Wildman–Crippen MR) is 100 cm³/mol. The molecule has 0 unspecified atom stereocenters. The Bertz CT molecular complexity index is 818. The molecule has 2 aliphatic rings. The van der Waals surface area contributed by atoms with E-state index >= 15 is 0 Å². The molecule has 1 aliphatic carbocycles. The van der Waals surface area contributed by atoms with Crippen LogP contribution in [0.1, 0.15) is 17.2 Å². The lowest BCUT2D eigenvalue weighted by Crippen LogP contribution is -2.52. The highest BCUT2D eigenvalue weighted by atomic mass is 32.1. The first-order chi connectivity index (χ1) is 13.1. The topological polar surface area (TPSA) is 49.9 Å². The minimum absolute atomic E-state index is 0.0769. The third-order valence-corrected chi connectivity index (χ3v) is 6.15. The van der Waals surface area contributed by atoms with E-state index in [9.17, 15) is 14.0 Å². The molecule has 2 amide bonds. The number of para-hydroxylation sites is 1. The van der Waals surface area contributed by atoms with Gasteiger partial charge in [0.2, 0.25) is 5.91 Å². The summed E-state index contributed by atoms with van der Waals surface area (Å²) in [4.78, 5) is 29.8.